The molecular weight excluding hydrogens is 301 g/mol. The maximum absolute atomic E-state index is 12.7. The van der Waals surface area contributed by atoms with E-state index in [9.17, 15) is 13.2 Å². The molecule has 0 radical (unpaired) electrons. The van der Waals surface area contributed by atoms with Gasteiger partial charge in [-0.15, -0.1) is 0 Å². The van der Waals surface area contributed by atoms with Crippen LogP contribution in [-0.2, 0) is 6.18 Å². The van der Waals surface area contributed by atoms with E-state index in [1.165, 1.54) is 31.7 Å². The maximum Gasteiger partial charge on any atom is 0.417 e. The number of pyridine rings is 1. The highest BCUT2D eigenvalue weighted by Crippen LogP contribution is 2.70. The summed E-state index contributed by atoms with van der Waals surface area (Å²) in [7, 11) is 0. The molecule has 0 aromatic carbocycles. The Morgan fingerprint density at radius 3 is 2.65 bits per heavy atom. The van der Waals surface area contributed by atoms with Gasteiger partial charge in [0.1, 0.15) is 5.82 Å². The van der Waals surface area contributed by atoms with Gasteiger partial charge in [0.05, 0.1) is 5.56 Å². The molecule has 2 saturated carbocycles. The number of halogens is 3. The highest BCUT2D eigenvalue weighted by Gasteiger charge is 2.65. The van der Waals surface area contributed by atoms with Gasteiger partial charge in [0, 0.05) is 12.2 Å². The van der Waals surface area contributed by atoms with Crippen molar-refractivity contribution in [1.82, 2.24) is 4.98 Å². The average Bonchev–Trinajstić information content (AvgIpc) is 3.21. The summed E-state index contributed by atoms with van der Waals surface area (Å²) in [6.07, 6.45) is 2.93. The third-order valence-corrected chi connectivity index (χ3v) is 6.02. The quantitative estimate of drug-likeness (QED) is 0.781. The van der Waals surface area contributed by atoms with Gasteiger partial charge >= 0.3 is 6.18 Å². The van der Waals surface area contributed by atoms with Crippen molar-refractivity contribution >= 4 is 5.82 Å². The minimum absolute atomic E-state index is 0.338. The third-order valence-electron chi connectivity index (χ3n) is 6.02. The molecule has 0 saturated heterocycles. The molecule has 4 atom stereocenters. The van der Waals surface area contributed by atoms with Crippen molar-refractivity contribution in [1.29, 1.82) is 0 Å². The van der Waals surface area contributed by atoms with Gasteiger partial charge in [-0.1, -0.05) is 26.7 Å². The van der Waals surface area contributed by atoms with E-state index >= 15 is 0 Å². The second-order valence-corrected chi connectivity index (χ2v) is 7.41. The fraction of sp³-hybridized carbons (Fsp3) is 0.722. The molecule has 2 aliphatic carbocycles. The first kappa shape index (κ1) is 16.6. The number of nitrogens with zero attached hydrogens (tertiary/aromatic N) is 1. The molecule has 3 rings (SSSR count). The van der Waals surface area contributed by atoms with Crippen LogP contribution in [0.2, 0.25) is 0 Å². The normalized spacial score (nSPS) is 32.7. The molecule has 1 N–H and O–H groups in total. The van der Waals surface area contributed by atoms with Gasteiger partial charge in [-0.05, 0) is 55.1 Å². The first-order chi connectivity index (χ1) is 10.8. The van der Waals surface area contributed by atoms with E-state index in [-0.39, 0.29) is 0 Å². The van der Waals surface area contributed by atoms with Gasteiger partial charge in [-0.2, -0.15) is 13.2 Å². The molecule has 0 aliphatic heterocycles. The van der Waals surface area contributed by atoms with Crippen LogP contribution in [0.4, 0.5) is 19.0 Å². The average molecular weight is 326 g/mol. The third kappa shape index (κ3) is 2.94. The highest BCUT2D eigenvalue weighted by atomic mass is 19.4. The second kappa shape index (κ2) is 5.67. The molecule has 0 bridgehead atoms. The first-order valence-corrected chi connectivity index (χ1v) is 8.58. The van der Waals surface area contributed by atoms with E-state index in [1.807, 2.05) is 0 Å². The van der Waals surface area contributed by atoms with Gasteiger partial charge in [0.25, 0.3) is 0 Å². The van der Waals surface area contributed by atoms with Gasteiger partial charge < -0.3 is 5.32 Å². The van der Waals surface area contributed by atoms with Gasteiger partial charge in [0.2, 0.25) is 0 Å². The van der Waals surface area contributed by atoms with E-state index in [0.29, 0.717) is 28.8 Å². The zero-order chi connectivity index (χ0) is 16.8. The molecular formula is C18H25F3N2. The monoisotopic (exact) mass is 326 g/mol. The molecule has 4 unspecified atom stereocenters. The predicted octanol–water partition coefficient (Wildman–Crippen LogP) is 5.43. The van der Waals surface area contributed by atoms with Crippen molar-refractivity contribution in [3.8, 4) is 0 Å². The van der Waals surface area contributed by atoms with Crippen LogP contribution < -0.4 is 5.32 Å². The van der Waals surface area contributed by atoms with Crippen LogP contribution in [0.5, 0.6) is 0 Å². The molecule has 2 fully saturated rings. The van der Waals surface area contributed by atoms with Crippen LogP contribution >= 0.6 is 0 Å². The zero-order valence-corrected chi connectivity index (χ0v) is 14.0. The summed E-state index contributed by atoms with van der Waals surface area (Å²) < 4.78 is 38.1. The Morgan fingerprint density at radius 1 is 1.35 bits per heavy atom. The molecule has 5 heteroatoms. The van der Waals surface area contributed by atoms with E-state index in [4.69, 9.17) is 0 Å². The summed E-state index contributed by atoms with van der Waals surface area (Å²) in [5, 5.41) is 3.37. The fourth-order valence-electron chi connectivity index (χ4n) is 4.29. The summed E-state index contributed by atoms with van der Waals surface area (Å²) in [5.74, 6) is 2.03. The Kier molecular flexibility index (Phi) is 4.09. The van der Waals surface area contributed by atoms with Gasteiger partial charge in [-0.25, -0.2) is 4.98 Å². The first-order valence-electron chi connectivity index (χ1n) is 8.58. The van der Waals surface area contributed by atoms with Crippen molar-refractivity contribution in [2.45, 2.75) is 65.1 Å². The van der Waals surface area contributed by atoms with Crippen LogP contribution in [0.1, 0.15) is 57.1 Å². The second-order valence-electron chi connectivity index (χ2n) is 7.41. The number of hydrogen-bond acceptors (Lipinski definition) is 2. The van der Waals surface area contributed by atoms with E-state index in [2.05, 4.69) is 24.1 Å². The largest absolute Gasteiger partial charge is 0.417 e. The Morgan fingerprint density at radius 2 is 2.09 bits per heavy atom. The summed E-state index contributed by atoms with van der Waals surface area (Å²) in [4.78, 5) is 4.01. The molecule has 1 aromatic heterocycles. The lowest BCUT2D eigenvalue weighted by atomic mass is 9.65. The summed E-state index contributed by atoms with van der Waals surface area (Å²) >= 11 is 0. The van der Waals surface area contributed by atoms with Crippen molar-refractivity contribution in [3.05, 3.63) is 23.4 Å². The predicted molar refractivity (Wildman–Crippen MR) is 85.2 cm³/mol. The molecule has 1 aromatic rings. The summed E-state index contributed by atoms with van der Waals surface area (Å²) in [5.41, 5.74) is 0.388. The van der Waals surface area contributed by atoms with Crippen molar-refractivity contribution in [2.75, 3.05) is 5.32 Å². The van der Waals surface area contributed by atoms with Crippen LogP contribution in [0.15, 0.2) is 12.3 Å². The molecule has 23 heavy (non-hydrogen) atoms. The molecule has 2 nitrogen and oxygen atoms in total. The van der Waals surface area contributed by atoms with Crippen LogP contribution in [0.25, 0.3) is 0 Å². The number of rotatable bonds is 5. The molecule has 0 amide bonds. The highest BCUT2D eigenvalue weighted by molar-refractivity contribution is 5.47. The van der Waals surface area contributed by atoms with Crippen molar-refractivity contribution < 1.29 is 13.2 Å². The minimum atomic E-state index is -4.33. The lowest BCUT2D eigenvalue weighted by Crippen LogP contribution is -2.47. The number of hydrogen-bond donors (Lipinski definition) is 1. The smallest absolute Gasteiger partial charge is 0.367 e. The van der Waals surface area contributed by atoms with Crippen LogP contribution in [0, 0.1) is 24.2 Å². The summed E-state index contributed by atoms with van der Waals surface area (Å²) in [6.45, 7) is 6.18. The van der Waals surface area contributed by atoms with Gasteiger partial charge in [0.15, 0.2) is 0 Å². The molecule has 1 spiro atoms. The van der Waals surface area contributed by atoms with E-state index in [1.54, 1.807) is 6.92 Å². The fourth-order valence-corrected chi connectivity index (χ4v) is 4.29. The van der Waals surface area contributed by atoms with Crippen molar-refractivity contribution in [3.63, 3.8) is 0 Å². The summed E-state index contributed by atoms with van der Waals surface area (Å²) in [6, 6.07) is 1.51. The molecule has 2 aliphatic rings. The number of aryl methyl sites for hydroxylation is 1. The number of aromatic nitrogens is 1. The number of alkyl halides is 3. The zero-order valence-electron chi connectivity index (χ0n) is 14.0. The molecule has 128 valence electrons. The van der Waals surface area contributed by atoms with Crippen LogP contribution in [-0.4, -0.2) is 11.0 Å². The topological polar surface area (TPSA) is 24.9 Å². The Labute approximate surface area is 135 Å². The van der Waals surface area contributed by atoms with E-state index in [0.717, 1.165) is 18.5 Å². The van der Waals surface area contributed by atoms with Gasteiger partial charge in [-0.3, -0.25) is 0 Å². The Balaban J connectivity index is 1.60. The number of unbranched alkanes of at least 4 members (excludes halogenated alkanes) is 1. The standard InChI is InChI=1S/C18H25F3N2/c1-4-5-6-13-8-17(13)9-15(12(17)3)23-16-11(2)7-14(10-22-16)18(19,20)21/h7,10,12-13,15H,4-6,8-9H2,1-3H3,(H,22,23). The van der Waals surface area contributed by atoms with Crippen LogP contribution in [0.3, 0.4) is 0 Å². The van der Waals surface area contributed by atoms with E-state index < -0.39 is 11.7 Å². The molecule has 1 heterocycles. The Bertz CT molecular complexity index is 584. The Hall–Kier alpha value is -1.26. The lowest BCUT2D eigenvalue weighted by molar-refractivity contribution is -0.137. The maximum atomic E-state index is 12.7. The minimum Gasteiger partial charge on any atom is -0.367 e. The number of anilines is 1. The lowest BCUT2D eigenvalue weighted by Gasteiger charge is -2.45. The SMILES string of the molecule is CCCCC1CC12CC(Nc1ncc(C(F)(F)F)cc1C)C2C. The van der Waals surface area contributed by atoms with Crippen molar-refractivity contribution in [2.24, 2.45) is 17.3 Å². The number of nitrogens with one attached hydrogen (secondary N) is 1.